The van der Waals surface area contributed by atoms with Gasteiger partial charge in [0.15, 0.2) is 0 Å². The molecule has 1 saturated carbocycles. The molecule has 1 aromatic rings. The van der Waals surface area contributed by atoms with E-state index in [-0.39, 0.29) is 29.6 Å². The van der Waals surface area contributed by atoms with Crippen molar-refractivity contribution in [1.29, 1.82) is 0 Å². The summed E-state index contributed by atoms with van der Waals surface area (Å²) in [7, 11) is 1.37. The van der Waals surface area contributed by atoms with Crippen molar-refractivity contribution < 1.29 is 13.5 Å². The molecular formula is C11H14ClF2NO. The van der Waals surface area contributed by atoms with E-state index in [1.54, 1.807) is 0 Å². The number of nitrogens with two attached hydrogens (primary N) is 1. The summed E-state index contributed by atoms with van der Waals surface area (Å²) < 4.78 is 31.8. The van der Waals surface area contributed by atoms with Crippen molar-refractivity contribution in [2.75, 3.05) is 7.11 Å². The Balaban J connectivity index is 0.00000128. The van der Waals surface area contributed by atoms with Gasteiger partial charge in [0, 0.05) is 23.7 Å². The molecule has 1 atom stereocenters. The highest BCUT2D eigenvalue weighted by atomic mass is 35.5. The number of rotatable bonds is 3. The molecule has 2 nitrogen and oxygen atoms in total. The van der Waals surface area contributed by atoms with E-state index >= 15 is 0 Å². The fourth-order valence-corrected chi connectivity index (χ4v) is 1.69. The van der Waals surface area contributed by atoms with Gasteiger partial charge in [0.05, 0.1) is 7.11 Å². The monoisotopic (exact) mass is 249 g/mol. The van der Waals surface area contributed by atoms with E-state index in [2.05, 4.69) is 0 Å². The first-order chi connectivity index (χ1) is 7.13. The molecule has 90 valence electrons. The molecule has 0 aliphatic heterocycles. The summed E-state index contributed by atoms with van der Waals surface area (Å²) in [5, 5.41) is 0. The predicted octanol–water partition coefficient (Wildman–Crippen LogP) is 2.81. The van der Waals surface area contributed by atoms with Crippen LogP contribution in [-0.4, -0.2) is 7.11 Å². The van der Waals surface area contributed by atoms with Crippen LogP contribution in [0.15, 0.2) is 12.1 Å². The van der Waals surface area contributed by atoms with Crippen molar-refractivity contribution in [1.82, 2.24) is 0 Å². The van der Waals surface area contributed by atoms with Crippen LogP contribution in [0.2, 0.25) is 0 Å². The van der Waals surface area contributed by atoms with E-state index in [1.165, 1.54) is 19.2 Å². The molecule has 1 fully saturated rings. The van der Waals surface area contributed by atoms with Gasteiger partial charge in [-0.3, -0.25) is 0 Å². The predicted molar refractivity (Wildman–Crippen MR) is 59.8 cm³/mol. The molecule has 5 heteroatoms. The largest absolute Gasteiger partial charge is 0.497 e. The second-order valence-electron chi connectivity index (χ2n) is 3.87. The van der Waals surface area contributed by atoms with Crippen LogP contribution in [0.5, 0.6) is 5.75 Å². The van der Waals surface area contributed by atoms with Crippen LogP contribution in [0.1, 0.15) is 24.4 Å². The summed E-state index contributed by atoms with van der Waals surface area (Å²) in [6.07, 6.45) is 1.90. The molecule has 0 aromatic heterocycles. The van der Waals surface area contributed by atoms with Crippen molar-refractivity contribution in [3.8, 4) is 5.75 Å². The molecule has 1 aliphatic rings. The van der Waals surface area contributed by atoms with E-state index in [0.29, 0.717) is 0 Å². The van der Waals surface area contributed by atoms with Crippen LogP contribution >= 0.6 is 12.4 Å². The number of hydrogen-bond donors (Lipinski definition) is 1. The first kappa shape index (κ1) is 13.2. The summed E-state index contributed by atoms with van der Waals surface area (Å²) in [6.45, 7) is 0. The Morgan fingerprint density at radius 3 is 2.19 bits per heavy atom. The van der Waals surface area contributed by atoms with Crippen LogP contribution in [-0.2, 0) is 0 Å². The maximum Gasteiger partial charge on any atom is 0.134 e. The Hall–Kier alpha value is -0.870. The maximum absolute atomic E-state index is 13.5. The minimum atomic E-state index is -0.619. The second kappa shape index (κ2) is 4.97. The van der Waals surface area contributed by atoms with Crippen LogP contribution in [0.25, 0.3) is 0 Å². The third-order valence-corrected chi connectivity index (χ3v) is 2.75. The first-order valence-corrected chi connectivity index (χ1v) is 4.92. The van der Waals surface area contributed by atoms with Gasteiger partial charge in [-0.2, -0.15) is 0 Å². The van der Waals surface area contributed by atoms with Gasteiger partial charge in [0.1, 0.15) is 17.4 Å². The molecule has 2 N–H and O–H groups in total. The lowest BCUT2D eigenvalue weighted by Crippen LogP contribution is -2.16. The highest BCUT2D eigenvalue weighted by Gasteiger charge is 2.33. The van der Waals surface area contributed by atoms with Crippen molar-refractivity contribution >= 4 is 12.4 Å². The van der Waals surface area contributed by atoms with Gasteiger partial charge in [-0.15, -0.1) is 12.4 Å². The molecule has 0 heterocycles. The number of methoxy groups -OCH3 is 1. The summed E-state index contributed by atoms with van der Waals surface area (Å²) in [5.74, 6) is -0.836. The minimum Gasteiger partial charge on any atom is -0.497 e. The SMILES string of the molecule is COc1cc(F)c([C@H](N)C2CC2)c(F)c1.Cl. The Kier molecular flexibility index (Phi) is 4.10. The molecule has 0 bridgehead atoms. The van der Waals surface area contributed by atoms with E-state index in [9.17, 15) is 8.78 Å². The normalized spacial score (nSPS) is 16.5. The molecule has 0 saturated heterocycles. The van der Waals surface area contributed by atoms with E-state index in [1.807, 2.05) is 0 Å². The minimum absolute atomic E-state index is 0. The topological polar surface area (TPSA) is 35.2 Å². The molecule has 2 rings (SSSR count). The van der Waals surface area contributed by atoms with Crippen LogP contribution < -0.4 is 10.5 Å². The lowest BCUT2D eigenvalue weighted by molar-refractivity contribution is 0.402. The Labute approximate surface area is 99.2 Å². The highest BCUT2D eigenvalue weighted by Crippen LogP contribution is 2.41. The highest BCUT2D eigenvalue weighted by molar-refractivity contribution is 5.85. The average molecular weight is 250 g/mol. The van der Waals surface area contributed by atoms with Crippen molar-refractivity contribution in [2.24, 2.45) is 11.7 Å². The van der Waals surface area contributed by atoms with E-state index < -0.39 is 17.7 Å². The van der Waals surface area contributed by atoms with Crippen LogP contribution in [0, 0.1) is 17.6 Å². The molecule has 0 radical (unpaired) electrons. The Morgan fingerprint density at radius 1 is 1.31 bits per heavy atom. The molecule has 0 amide bonds. The molecule has 16 heavy (non-hydrogen) atoms. The van der Waals surface area contributed by atoms with Crippen molar-refractivity contribution in [2.45, 2.75) is 18.9 Å². The Bertz CT molecular complexity index is 359. The average Bonchev–Trinajstić information content (AvgIpc) is 2.99. The number of benzene rings is 1. The molecule has 0 spiro atoms. The third-order valence-electron chi connectivity index (χ3n) is 2.75. The smallest absolute Gasteiger partial charge is 0.134 e. The van der Waals surface area contributed by atoms with Gasteiger partial charge in [-0.1, -0.05) is 0 Å². The zero-order chi connectivity index (χ0) is 11.0. The maximum atomic E-state index is 13.5. The van der Waals surface area contributed by atoms with Crippen molar-refractivity contribution in [3.05, 3.63) is 29.3 Å². The molecular weight excluding hydrogens is 236 g/mol. The van der Waals surface area contributed by atoms with Crippen molar-refractivity contribution in [3.63, 3.8) is 0 Å². The van der Waals surface area contributed by atoms with Gasteiger partial charge < -0.3 is 10.5 Å². The summed E-state index contributed by atoms with van der Waals surface area (Å²) in [6, 6.07) is 1.80. The fraction of sp³-hybridized carbons (Fsp3) is 0.455. The lowest BCUT2D eigenvalue weighted by atomic mass is 10.0. The second-order valence-corrected chi connectivity index (χ2v) is 3.87. The van der Waals surface area contributed by atoms with Gasteiger partial charge in [0.25, 0.3) is 0 Å². The van der Waals surface area contributed by atoms with Gasteiger partial charge in [-0.05, 0) is 18.8 Å². The van der Waals surface area contributed by atoms with Gasteiger partial charge >= 0.3 is 0 Å². The van der Waals surface area contributed by atoms with E-state index in [0.717, 1.165) is 12.8 Å². The summed E-state index contributed by atoms with van der Waals surface area (Å²) in [5.41, 5.74) is 5.76. The third kappa shape index (κ3) is 2.44. The van der Waals surface area contributed by atoms with Crippen LogP contribution in [0.3, 0.4) is 0 Å². The standard InChI is InChI=1S/C11H13F2NO.ClH/c1-15-7-4-8(12)10(9(13)5-7)11(14)6-2-3-6;/h4-6,11H,2-3,14H2,1H3;1H/t11-;/m1./s1. The lowest BCUT2D eigenvalue weighted by Gasteiger charge is -2.13. The summed E-state index contributed by atoms with van der Waals surface area (Å²) >= 11 is 0. The fourth-order valence-electron chi connectivity index (χ4n) is 1.69. The van der Waals surface area contributed by atoms with E-state index in [4.69, 9.17) is 10.5 Å². The quantitative estimate of drug-likeness (QED) is 0.894. The van der Waals surface area contributed by atoms with Gasteiger partial charge in [-0.25, -0.2) is 8.78 Å². The Morgan fingerprint density at radius 2 is 1.81 bits per heavy atom. The number of hydrogen-bond acceptors (Lipinski definition) is 2. The van der Waals surface area contributed by atoms with Crippen LogP contribution in [0.4, 0.5) is 8.78 Å². The first-order valence-electron chi connectivity index (χ1n) is 4.92. The zero-order valence-electron chi connectivity index (χ0n) is 8.87. The molecule has 1 aromatic carbocycles. The summed E-state index contributed by atoms with van der Waals surface area (Å²) in [4.78, 5) is 0. The van der Waals surface area contributed by atoms with Gasteiger partial charge in [0.2, 0.25) is 0 Å². The number of ether oxygens (including phenoxy) is 1. The number of halogens is 3. The zero-order valence-corrected chi connectivity index (χ0v) is 9.69. The molecule has 1 aliphatic carbocycles. The molecule has 0 unspecified atom stereocenters.